The molecule has 0 saturated heterocycles. The van der Waals surface area contributed by atoms with Gasteiger partial charge >= 0.3 is 8.25 Å². The van der Waals surface area contributed by atoms with Crippen LogP contribution in [0.1, 0.15) is 19.8 Å². The van der Waals surface area contributed by atoms with Crippen LogP contribution in [-0.2, 0) is 13.7 Å². The van der Waals surface area contributed by atoms with Crippen molar-refractivity contribution in [3.8, 4) is 0 Å². The zero-order valence-corrected chi connectivity index (χ0v) is 8.89. The van der Waals surface area contributed by atoms with Gasteiger partial charge in [-0.3, -0.25) is 0 Å². The van der Waals surface area contributed by atoms with Gasteiger partial charge in [0.25, 0.3) is 0 Å². The van der Waals surface area contributed by atoms with Gasteiger partial charge in [0, 0.05) is 17.7 Å². The fourth-order valence-electron chi connectivity index (χ4n) is 0.467. The zero-order valence-electron chi connectivity index (χ0n) is 7.99. The molecule has 0 aromatic rings. The Balaban J connectivity index is 0. The van der Waals surface area contributed by atoms with E-state index in [-0.39, 0.29) is 6.15 Å². The lowest BCUT2D eigenvalue weighted by atomic mass is 10.4. The highest BCUT2D eigenvalue weighted by Crippen LogP contribution is 2.21. The lowest BCUT2D eigenvalue weighted by Crippen LogP contribution is -2.20. The summed E-state index contributed by atoms with van der Waals surface area (Å²) in [4.78, 5) is 0. The fraction of sp³-hybridized carbons (Fsp3) is 1.00. The Labute approximate surface area is 79.6 Å². The third-order valence-electron chi connectivity index (χ3n) is 1.08. The summed E-state index contributed by atoms with van der Waals surface area (Å²) >= 11 is 0. The van der Waals surface area contributed by atoms with Crippen LogP contribution in [0.3, 0.4) is 0 Å². The highest BCUT2D eigenvalue weighted by molar-refractivity contribution is 7.33. The molecule has 0 amide bonds. The van der Waals surface area contributed by atoms with E-state index < -0.39 is 8.25 Å². The van der Waals surface area contributed by atoms with Crippen LogP contribution < -0.4 is 17.4 Å². The van der Waals surface area contributed by atoms with Crippen LogP contribution in [0.5, 0.6) is 0 Å². The quantitative estimate of drug-likeness (QED) is 0.316. The summed E-state index contributed by atoms with van der Waals surface area (Å²) in [7, 11) is -2.02. The molecule has 0 aliphatic carbocycles. The summed E-state index contributed by atoms with van der Waals surface area (Å²) < 4.78 is 20.2. The summed E-state index contributed by atoms with van der Waals surface area (Å²) in [6.07, 6.45) is 1.90. The van der Waals surface area contributed by atoms with Gasteiger partial charge in [0.05, 0.1) is 0 Å². The SMILES string of the molecule is CCCCO[P+](=O)ONCCN.N. The van der Waals surface area contributed by atoms with Crippen LogP contribution >= 0.6 is 8.25 Å². The molecule has 0 aromatic heterocycles. The minimum Gasteiger partial charge on any atom is -0.344 e. The molecule has 0 heterocycles. The first-order valence-electron chi connectivity index (χ1n) is 4.01. The molecule has 0 aliphatic heterocycles. The van der Waals surface area contributed by atoms with Crippen molar-refractivity contribution in [2.24, 2.45) is 5.73 Å². The molecule has 0 rings (SSSR count). The number of hydrogen-bond acceptors (Lipinski definition) is 6. The first kappa shape index (κ1) is 15.4. The molecule has 7 heteroatoms. The van der Waals surface area contributed by atoms with Crippen molar-refractivity contribution in [3.05, 3.63) is 0 Å². The van der Waals surface area contributed by atoms with Crippen LogP contribution in [0.4, 0.5) is 0 Å². The van der Waals surface area contributed by atoms with Crippen molar-refractivity contribution in [2.45, 2.75) is 19.8 Å². The number of hydrogen-bond donors (Lipinski definition) is 3. The number of nitrogens with two attached hydrogens (primary N) is 1. The average Bonchev–Trinajstić information content (AvgIpc) is 2.06. The van der Waals surface area contributed by atoms with E-state index in [2.05, 4.69) is 10.1 Å². The molecule has 13 heavy (non-hydrogen) atoms. The predicted molar refractivity (Wildman–Crippen MR) is 51.6 cm³/mol. The second-order valence-corrected chi connectivity index (χ2v) is 3.07. The second kappa shape index (κ2) is 11.9. The maximum absolute atomic E-state index is 10.8. The Bertz CT molecular complexity index is 114. The summed E-state index contributed by atoms with van der Waals surface area (Å²) in [5.74, 6) is 0. The molecule has 0 fully saturated rings. The van der Waals surface area contributed by atoms with Crippen molar-refractivity contribution in [1.29, 1.82) is 0 Å². The number of unbranched alkanes of at least 4 members (excludes halogenated alkanes) is 1. The van der Waals surface area contributed by atoms with Crippen LogP contribution in [0, 0.1) is 0 Å². The van der Waals surface area contributed by atoms with E-state index >= 15 is 0 Å². The lowest BCUT2D eigenvalue weighted by Gasteiger charge is -1.91. The molecule has 0 bridgehead atoms. The Kier molecular flexibility index (Phi) is 14.1. The first-order valence-corrected chi connectivity index (χ1v) is 5.10. The van der Waals surface area contributed by atoms with Crippen molar-refractivity contribution in [1.82, 2.24) is 11.6 Å². The van der Waals surface area contributed by atoms with E-state index in [9.17, 15) is 4.57 Å². The Morgan fingerprint density at radius 1 is 1.54 bits per heavy atom. The van der Waals surface area contributed by atoms with Gasteiger partial charge < -0.3 is 11.9 Å². The van der Waals surface area contributed by atoms with E-state index in [1.807, 2.05) is 6.92 Å². The van der Waals surface area contributed by atoms with E-state index in [1.54, 1.807) is 0 Å². The topological polar surface area (TPSA) is 109 Å². The normalized spacial score (nSPS) is 10.8. The molecule has 0 saturated carbocycles. The maximum Gasteiger partial charge on any atom is 0.716 e. The number of nitrogens with one attached hydrogen (secondary N) is 1. The van der Waals surface area contributed by atoms with Crippen LogP contribution in [0.2, 0.25) is 0 Å². The summed E-state index contributed by atoms with van der Waals surface area (Å²) in [6.45, 7) is 3.41. The van der Waals surface area contributed by atoms with Crippen molar-refractivity contribution < 1.29 is 13.7 Å². The predicted octanol–water partition coefficient (Wildman–Crippen LogP) is 1.10. The third-order valence-corrected chi connectivity index (χ3v) is 1.75. The molecule has 0 radical (unpaired) electrons. The van der Waals surface area contributed by atoms with Crippen molar-refractivity contribution in [2.75, 3.05) is 19.7 Å². The molecule has 1 unspecified atom stereocenters. The summed E-state index contributed by atoms with van der Waals surface area (Å²) in [5.41, 5.74) is 7.59. The van der Waals surface area contributed by atoms with E-state index in [0.717, 1.165) is 12.8 Å². The fourth-order valence-corrected chi connectivity index (χ4v) is 0.995. The van der Waals surface area contributed by atoms with Gasteiger partial charge in [0.2, 0.25) is 0 Å². The van der Waals surface area contributed by atoms with Gasteiger partial charge in [-0.15, -0.1) is 10.0 Å². The van der Waals surface area contributed by atoms with Crippen LogP contribution in [0.15, 0.2) is 0 Å². The Morgan fingerprint density at radius 3 is 2.77 bits per heavy atom. The first-order chi connectivity index (χ1) is 5.81. The molecule has 6 nitrogen and oxygen atoms in total. The van der Waals surface area contributed by atoms with Gasteiger partial charge in [-0.2, -0.15) is 0 Å². The molecule has 0 spiro atoms. The van der Waals surface area contributed by atoms with Crippen LogP contribution in [0.25, 0.3) is 0 Å². The highest BCUT2D eigenvalue weighted by atomic mass is 31.1. The second-order valence-electron chi connectivity index (χ2n) is 2.18. The largest absolute Gasteiger partial charge is 0.716 e. The molecular weight excluding hydrogens is 193 g/mol. The molecule has 0 aromatic carbocycles. The molecule has 0 aliphatic rings. The minimum absolute atomic E-state index is 0. The summed E-state index contributed by atoms with van der Waals surface area (Å²) in [6, 6.07) is 0. The van der Waals surface area contributed by atoms with Gasteiger partial charge in [0.1, 0.15) is 6.61 Å². The zero-order chi connectivity index (χ0) is 9.23. The molecule has 6 N–H and O–H groups in total. The summed E-state index contributed by atoms with van der Waals surface area (Å²) in [5, 5.41) is 0. The average molecular weight is 212 g/mol. The lowest BCUT2D eigenvalue weighted by molar-refractivity contribution is 0.158. The van der Waals surface area contributed by atoms with Gasteiger partial charge in [-0.1, -0.05) is 13.3 Å². The maximum atomic E-state index is 10.8. The number of hydroxylamine groups is 1. The van der Waals surface area contributed by atoms with Gasteiger partial charge in [-0.25, -0.2) is 0 Å². The van der Waals surface area contributed by atoms with Crippen LogP contribution in [-0.4, -0.2) is 19.7 Å². The monoisotopic (exact) mass is 212 g/mol. The van der Waals surface area contributed by atoms with Crippen molar-refractivity contribution >= 4 is 8.25 Å². The minimum atomic E-state index is -2.02. The molecule has 80 valence electrons. The molecular formula is C6H19N3O3P+. The standard InChI is InChI=1S/C6H16N2O3P.H3N/c1-2-3-6-10-12(9)11-8-5-4-7;/h8H,2-7H2,1H3;1H3/q+1;. The Hall–Kier alpha value is -0.100. The van der Waals surface area contributed by atoms with Gasteiger partial charge in [0.15, 0.2) is 0 Å². The highest BCUT2D eigenvalue weighted by Gasteiger charge is 2.19. The van der Waals surface area contributed by atoms with E-state index in [0.29, 0.717) is 19.7 Å². The van der Waals surface area contributed by atoms with E-state index in [1.165, 1.54) is 0 Å². The third kappa shape index (κ3) is 11.9. The van der Waals surface area contributed by atoms with Gasteiger partial charge in [-0.05, 0) is 11.0 Å². The number of rotatable bonds is 8. The Morgan fingerprint density at radius 2 is 2.23 bits per heavy atom. The molecule has 1 atom stereocenters. The van der Waals surface area contributed by atoms with Crippen molar-refractivity contribution in [3.63, 3.8) is 0 Å². The smallest absolute Gasteiger partial charge is 0.344 e. The van der Waals surface area contributed by atoms with E-state index in [4.69, 9.17) is 10.3 Å².